The molecule has 1 atom stereocenters. The normalized spacial score (nSPS) is 18.2. The maximum absolute atomic E-state index is 5.34. The van der Waals surface area contributed by atoms with Gasteiger partial charge in [-0.3, -0.25) is 0 Å². The van der Waals surface area contributed by atoms with E-state index < -0.39 is 0 Å². The molecule has 1 aliphatic rings. The third-order valence-corrected chi connectivity index (χ3v) is 4.21. The molecule has 1 aromatic heterocycles. The van der Waals surface area contributed by atoms with Crippen molar-refractivity contribution in [1.29, 1.82) is 0 Å². The van der Waals surface area contributed by atoms with Gasteiger partial charge in [0.05, 0.1) is 13.2 Å². The van der Waals surface area contributed by atoms with Crippen LogP contribution in [-0.4, -0.2) is 39.1 Å². The molecule has 2 N–H and O–H groups in total. The first-order chi connectivity index (χ1) is 10.3. The summed E-state index contributed by atoms with van der Waals surface area (Å²) in [6, 6.07) is 6.39. The van der Waals surface area contributed by atoms with Crippen LogP contribution in [-0.2, 0) is 15.9 Å². The van der Waals surface area contributed by atoms with Crippen LogP contribution in [0.2, 0.25) is 0 Å². The molecule has 1 aromatic carbocycles. The molecule has 0 spiro atoms. The highest BCUT2D eigenvalue weighted by atomic mass is 16.7. The Balaban J connectivity index is 1.97. The fourth-order valence-electron chi connectivity index (χ4n) is 3.10. The van der Waals surface area contributed by atoms with Crippen LogP contribution >= 0.6 is 0 Å². The number of methoxy groups -OCH3 is 3. The number of fused-ring (bicyclic) bond motifs is 3. The zero-order valence-corrected chi connectivity index (χ0v) is 12.7. The van der Waals surface area contributed by atoms with Gasteiger partial charge >= 0.3 is 0 Å². The van der Waals surface area contributed by atoms with Crippen LogP contribution in [0.5, 0.6) is 5.75 Å². The number of nitrogens with one attached hydrogen (secondary N) is 2. The van der Waals surface area contributed by atoms with E-state index in [9.17, 15) is 0 Å². The van der Waals surface area contributed by atoms with Crippen LogP contribution in [0.15, 0.2) is 18.2 Å². The molecule has 0 radical (unpaired) electrons. The molecular weight excluding hydrogens is 268 g/mol. The lowest BCUT2D eigenvalue weighted by Crippen LogP contribution is -2.33. The first-order valence-corrected chi connectivity index (χ1v) is 7.24. The summed E-state index contributed by atoms with van der Waals surface area (Å²) in [4.78, 5) is 3.54. The highest BCUT2D eigenvalue weighted by Crippen LogP contribution is 2.34. The van der Waals surface area contributed by atoms with Gasteiger partial charge in [-0.25, -0.2) is 0 Å². The summed E-state index contributed by atoms with van der Waals surface area (Å²) in [7, 11) is 5.05. The second-order valence-corrected chi connectivity index (χ2v) is 5.32. The lowest BCUT2D eigenvalue weighted by molar-refractivity contribution is -0.111. The summed E-state index contributed by atoms with van der Waals surface area (Å²) in [6.07, 6.45) is 1.60. The first kappa shape index (κ1) is 14.4. The smallest absolute Gasteiger partial charge is 0.158 e. The number of H-pyrrole nitrogens is 1. The quantitative estimate of drug-likeness (QED) is 0.830. The van der Waals surface area contributed by atoms with Gasteiger partial charge in [0, 0.05) is 37.2 Å². The molecule has 0 fully saturated rings. The van der Waals surface area contributed by atoms with E-state index in [0.29, 0.717) is 0 Å². The number of hydrogen-bond donors (Lipinski definition) is 2. The highest BCUT2D eigenvalue weighted by Gasteiger charge is 2.26. The van der Waals surface area contributed by atoms with Crippen LogP contribution in [0.1, 0.15) is 23.7 Å². The standard InChI is InChI=1S/C16H22N2O3/c1-19-10-4-5-13-12(8-10)11-6-7-17-14(16(11)18-13)9-15(20-2)21-3/h4-5,8,14-15,17-18H,6-7,9H2,1-3H3/t14-/m0/s1. The van der Waals surface area contributed by atoms with Crippen molar-refractivity contribution in [3.8, 4) is 5.75 Å². The summed E-state index contributed by atoms with van der Waals surface area (Å²) >= 11 is 0. The van der Waals surface area contributed by atoms with E-state index in [1.165, 1.54) is 16.6 Å². The Hall–Kier alpha value is -1.56. The Morgan fingerprint density at radius 2 is 2.05 bits per heavy atom. The third-order valence-electron chi connectivity index (χ3n) is 4.21. The van der Waals surface area contributed by atoms with E-state index in [4.69, 9.17) is 14.2 Å². The molecule has 2 aromatic rings. The summed E-state index contributed by atoms with van der Waals surface area (Å²) < 4.78 is 16.0. The van der Waals surface area contributed by atoms with Crippen molar-refractivity contribution >= 4 is 10.9 Å². The van der Waals surface area contributed by atoms with Crippen LogP contribution in [0.4, 0.5) is 0 Å². The average Bonchev–Trinajstić information content (AvgIpc) is 2.91. The summed E-state index contributed by atoms with van der Waals surface area (Å²) in [6.45, 7) is 0.960. The summed E-state index contributed by atoms with van der Waals surface area (Å²) in [5, 5.41) is 4.79. The van der Waals surface area contributed by atoms with Crippen LogP contribution in [0.3, 0.4) is 0 Å². The molecule has 0 amide bonds. The minimum atomic E-state index is -0.200. The van der Waals surface area contributed by atoms with Gasteiger partial charge in [-0.2, -0.15) is 0 Å². The van der Waals surface area contributed by atoms with Gasteiger partial charge in [0.15, 0.2) is 6.29 Å². The number of benzene rings is 1. The zero-order valence-electron chi connectivity index (χ0n) is 12.7. The van der Waals surface area contributed by atoms with E-state index >= 15 is 0 Å². The SMILES string of the molecule is COc1ccc2[nH]c3c(c2c1)CCN[C@H]3CC(OC)OC. The van der Waals surface area contributed by atoms with Crippen molar-refractivity contribution in [1.82, 2.24) is 10.3 Å². The number of aromatic nitrogens is 1. The van der Waals surface area contributed by atoms with E-state index in [1.54, 1.807) is 21.3 Å². The minimum absolute atomic E-state index is 0.200. The van der Waals surface area contributed by atoms with Crippen LogP contribution in [0.25, 0.3) is 10.9 Å². The van der Waals surface area contributed by atoms with Crippen LogP contribution in [0, 0.1) is 0 Å². The van der Waals surface area contributed by atoms with E-state index in [0.717, 1.165) is 30.7 Å². The van der Waals surface area contributed by atoms with Crippen molar-refractivity contribution in [3.63, 3.8) is 0 Å². The largest absolute Gasteiger partial charge is 0.497 e. The van der Waals surface area contributed by atoms with E-state index in [1.807, 2.05) is 6.07 Å². The van der Waals surface area contributed by atoms with Crippen LogP contribution < -0.4 is 10.1 Å². The Bertz CT molecular complexity index is 619. The monoisotopic (exact) mass is 290 g/mol. The number of rotatable bonds is 5. The fourth-order valence-corrected chi connectivity index (χ4v) is 3.10. The maximum atomic E-state index is 5.34. The third kappa shape index (κ3) is 2.64. The fraction of sp³-hybridized carbons (Fsp3) is 0.500. The van der Waals surface area contributed by atoms with Gasteiger partial charge in [0.2, 0.25) is 0 Å². The zero-order chi connectivity index (χ0) is 14.8. The molecule has 21 heavy (non-hydrogen) atoms. The molecule has 0 saturated heterocycles. The Kier molecular flexibility index (Phi) is 4.14. The highest BCUT2D eigenvalue weighted by molar-refractivity contribution is 5.86. The first-order valence-electron chi connectivity index (χ1n) is 7.24. The Morgan fingerprint density at radius 1 is 1.24 bits per heavy atom. The molecule has 0 aliphatic carbocycles. The topological polar surface area (TPSA) is 55.5 Å². The van der Waals surface area contributed by atoms with Crippen molar-refractivity contribution < 1.29 is 14.2 Å². The van der Waals surface area contributed by atoms with Crippen molar-refractivity contribution in [2.75, 3.05) is 27.9 Å². The molecule has 3 rings (SSSR count). The number of hydrogen-bond acceptors (Lipinski definition) is 4. The molecule has 0 unspecified atom stereocenters. The van der Waals surface area contributed by atoms with Crippen molar-refractivity contribution in [2.24, 2.45) is 0 Å². The molecule has 2 heterocycles. The van der Waals surface area contributed by atoms with Crippen molar-refractivity contribution in [2.45, 2.75) is 25.2 Å². The van der Waals surface area contributed by atoms with Gasteiger partial charge in [0.25, 0.3) is 0 Å². The molecule has 5 nitrogen and oxygen atoms in total. The van der Waals surface area contributed by atoms with E-state index in [2.05, 4.69) is 22.4 Å². The van der Waals surface area contributed by atoms with Gasteiger partial charge in [0.1, 0.15) is 5.75 Å². The van der Waals surface area contributed by atoms with Gasteiger partial charge in [-0.05, 0) is 36.7 Å². The second kappa shape index (κ2) is 6.05. The van der Waals surface area contributed by atoms with E-state index in [-0.39, 0.29) is 12.3 Å². The average molecular weight is 290 g/mol. The predicted molar refractivity (Wildman–Crippen MR) is 81.7 cm³/mol. The number of ether oxygens (including phenoxy) is 3. The molecule has 1 aliphatic heterocycles. The van der Waals surface area contributed by atoms with Gasteiger partial charge < -0.3 is 24.5 Å². The maximum Gasteiger partial charge on any atom is 0.158 e. The minimum Gasteiger partial charge on any atom is -0.497 e. The van der Waals surface area contributed by atoms with Gasteiger partial charge in [-0.1, -0.05) is 0 Å². The Morgan fingerprint density at radius 3 is 2.76 bits per heavy atom. The molecule has 0 saturated carbocycles. The lowest BCUT2D eigenvalue weighted by atomic mass is 9.97. The summed E-state index contributed by atoms with van der Waals surface area (Å²) in [5.74, 6) is 0.894. The molecule has 0 bridgehead atoms. The predicted octanol–water partition coefficient (Wildman–Crippen LogP) is 2.37. The molecule has 5 heteroatoms. The molecular formula is C16H22N2O3. The molecule has 114 valence electrons. The second-order valence-electron chi connectivity index (χ2n) is 5.32. The lowest BCUT2D eigenvalue weighted by Gasteiger charge is -2.27. The Labute approximate surface area is 124 Å². The number of aromatic amines is 1. The summed E-state index contributed by atoms with van der Waals surface area (Å²) in [5.41, 5.74) is 3.77. The van der Waals surface area contributed by atoms with Gasteiger partial charge in [-0.15, -0.1) is 0 Å². The van der Waals surface area contributed by atoms with Crippen molar-refractivity contribution in [3.05, 3.63) is 29.5 Å².